The summed E-state index contributed by atoms with van der Waals surface area (Å²) in [6.07, 6.45) is 14.6. The molecular formula is C12H29N2PS. The normalized spacial score (nSPS) is 26.3. The maximum absolute atomic E-state index is 4.52. The molecule has 1 heterocycles. The summed E-state index contributed by atoms with van der Waals surface area (Å²) in [5.41, 5.74) is 0. The second kappa shape index (κ2) is 5.48. The van der Waals surface area contributed by atoms with E-state index in [4.69, 9.17) is 0 Å². The molecule has 0 N–H and O–H groups in total. The summed E-state index contributed by atoms with van der Waals surface area (Å²) in [4.78, 5) is 0. The number of hydrogen-bond donors (Lipinski definition) is 0. The smallest absolute Gasteiger partial charge is 0.0239 e. The minimum atomic E-state index is -1.16. The van der Waals surface area contributed by atoms with Gasteiger partial charge in [-0.2, -0.15) is 0 Å². The van der Waals surface area contributed by atoms with Crippen molar-refractivity contribution in [1.29, 1.82) is 0 Å². The molecule has 0 aromatic heterocycles. The summed E-state index contributed by atoms with van der Waals surface area (Å²) in [7, 11) is -1.83. The molecule has 0 aliphatic carbocycles. The van der Waals surface area contributed by atoms with Gasteiger partial charge in [-0.1, -0.05) is 33.0 Å². The van der Waals surface area contributed by atoms with Gasteiger partial charge >= 0.3 is 0 Å². The van der Waals surface area contributed by atoms with Gasteiger partial charge in [-0.25, -0.2) is 8.15 Å². The standard InChI is InChI=1S/C12H29N2PS/c1-7-9-11-13-15(3,4)14(12-10-8-2)16(13,5)6/h3,7-12H2,1-2,4-6H3. The number of unbranched alkanes of at least 4 members (excludes halogenated alkanes) is 2. The summed E-state index contributed by atoms with van der Waals surface area (Å²) in [5, 5.41) is 0. The minimum Gasteiger partial charge on any atom is -0.222 e. The first-order valence-corrected chi connectivity index (χ1v) is 11.1. The summed E-state index contributed by atoms with van der Waals surface area (Å²) >= 11 is 0. The number of hydrogen-bond acceptors (Lipinski definition) is 2. The summed E-state index contributed by atoms with van der Waals surface area (Å²) < 4.78 is 5.47. The Kier molecular flexibility index (Phi) is 5.01. The fourth-order valence-corrected chi connectivity index (χ4v) is 12.7. The molecule has 1 aliphatic rings. The fourth-order valence-electron chi connectivity index (χ4n) is 2.52. The van der Waals surface area contributed by atoms with E-state index >= 15 is 0 Å². The lowest BCUT2D eigenvalue weighted by Crippen LogP contribution is -2.49. The highest BCUT2D eigenvalue weighted by atomic mass is 32.3. The van der Waals surface area contributed by atoms with Crippen molar-refractivity contribution in [1.82, 2.24) is 8.15 Å². The maximum atomic E-state index is 4.52. The molecule has 1 rings (SSSR count). The summed E-state index contributed by atoms with van der Waals surface area (Å²) in [5.74, 6) is 0. The van der Waals surface area contributed by atoms with Gasteiger partial charge in [0.25, 0.3) is 0 Å². The van der Waals surface area contributed by atoms with Crippen molar-refractivity contribution < 1.29 is 0 Å². The van der Waals surface area contributed by atoms with E-state index in [1.807, 2.05) is 0 Å². The second-order valence-electron chi connectivity index (χ2n) is 5.17. The van der Waals surface area contributed by atoms with E-state index in [9.17, 15) is 0 Å². The van der Waals surface area contributed by atoms with Crippen molar-refractivity contribution in [2.24, 2.45) is 0 Å². The van der Waals surface area contributed by atoms with Crippen LogP contribution in [-0.4, -0.2) is 46.7 Å². The van der Waals surface area contributed by atoms with Crippen LogP contribution in [0.1, 0.15) is 39.5 Å². The minimum absolute atomic E-state index is 0.662. The third-order valence-electron chi connectivity index (χ3n) is 3.40. The van der Waals surface area contributed by atoms with E-state index in [1.165, 1.54) is 38.8 Å². The molecule has 0 bridgehead atoms. The molecule has 0 radical (unpaired) electrons. The van der Waals surface area contributed by atoms with Crippen LogP contribution in [0.25, 0.3) is 0 Å². The van der Waals surface area contributed by atoms with Gasteiger partial charge in [-0.05, 0) is 32.0 Å². The third kappa shape index (κ3) is 2.53. The molecule has 0 saturated carbocycles. The van der Waals surface area contributed by atoms with Gasteiger partial charge in [0.05, 0.1) is 0 Å². The van der Waals surface area contributed by atoms with Crippen LogP contribution in [0.15, 0.2) is 0 Å². The molecule has 0 aromatic rings. The highest BCUT2D eigenvalue weighted by Crippen LogP contribution is 2.81. The SMILES string of the molecule is C=P1(C)N(CCCC)S(C)(C)N1CCCC. The molecular weight excluding hydrogens is 235 g/mol. The third-order valence-corrected chi connectivity index (χ3v) is 12.7. The zero-order chi connectivity index (χ0) is 12.4. The van der Waals surface area contributed by atoms with Gasteiger partial charge in [-0.15, -0.1) is 10.4 Å². The molecule has 16 heavy (non-hydrogen) atoms. The van der Waals surface area contributed by atoms with E-state index < -0.39 is 17.6 Å². The Bertz CT molecular complexity index is 256. The van der Waals surface area contributed by atoms with E-state index in [-0.39, 0.29) is 0 Å². The van der Waals surface area contributed by atoms with Gasteiger partial charge < -0.3 is 0 Å². The molecule has 4 heteroatoms. The first-order chi connectivity index (χ1) is 7.39. The lowest BCUT2D eigenvalue weighted by atomic mass is 10.3. The number of nitrogens with zero attached hydrogens (tertiary/aromatic N) is 2. The second-order valence-corrected chi connectivity index (χ2v) is 12.2. The Morgan fingerprint density at radius 3 is 1.62 bits per heavy atom. The first-order valence-electron chi connectivity index (χ1n) is 6.39. The van der Waals surface area contributed by atoms with Crippen molar-refractivity contribution >= 4 is 23.9 Å². The maximum Gasteiger partial charge on any atom is 0.0239 e. The zero-order valence-electron chi connectivity index (χ0n) is 11.7. The molecule has 0 amide bonds. The van der Waals surface area contributed by atoms with Crippen molar-refractivity contribution in [2.75, 3.05) is 32.3 Å². The Hall–Kier alpha value is 0.570. The lowest BCUT2D eigenvalue weighted by molar-refractivity contribution is 0.507. The highest BCUT2D eigenvalue weighted by molar-refractivity contribution is 8.38. The molecule has 1 saturated heterocycles. The van der Waals surface area contributed by atoms with Crippen molar-refractivity contribution in [3.8, 4) is 0 Å². The van der Waals surface area contributed by atoms with Gasteiger partial charge in [0.1, 0.15) is 0 Å². The molecule has 0 aromatic carbocycles. The van der Waals surface area contributed by atoms with E-state index in [0.29, 0.717) is 0 Å². The quantitative estimate of drug-likeness (QED) is 0.669. The van der Waals surface area contributed by atoms with Crippen molar-refractivity contribution in [3.05, 3.63) is 0 Å². The fraction of sp³-hybridized carbons (Fsp3) is 0.917. The molecule has 98 valence electrons. The molecule has 1 fully saturated rings. The largest absolute Gasteiger partial charge is 0.222 e. The molecule has 1 aliphatic heterocycles. The predicted molar refractivity (Wildman–Crippen MR) is 82.6 cm³/mol. The van der Waals surface area contributed by atoms with Crippen LogP contribution in [0.4, 0.5) is 0 Å². The van der Waals surface area contributed by atoms with Gasteiger partial charge in [0, 0.05) is 20.3 Å². The average molecular weight is 264 g/mol. The van der Waals surface area contributed by atoms with Crippen molar-refractivity contribution in [2.45, 2.75) is 39.5 Å². The predicted octanol–water partition coefficient (Wildman–Crippen LogP) is 4.01. The van der Waals surface area contributed by atoms with Crippen LogP contribution in [0.2, 0.25) is 0 Å². The highest BCUT2D eigenvalue weighted by Gasteiger charge is 2.48. The van der Waals surface area contributed by atoms with E-state index in [2.05, 4.69) is 47.5 Å². The Morgan fingerprint density at radius 1 is 1.00 bits per heavy atom. The van der Waals surface area contributed by atoms with E-state index in [1.54, 1.807) is 0 Å². The van der Waals surface area contributed by atoms with E-state index in [0.717, 1.165) is 0 Å². The topological polar surface area (TPSA) is 6.48 Å². The molecule has 0 unspecified atom stereocenters. The monoisotopic (exact) mass is 264 g/mol. The Balaban J connectivity index is 2.66. The number of rotatable bonds is 6. The lowest BCUT2D eigenvalue weighted by Gasteiger charge is -2.69. The van der Waals surface area contributed by atoms with Gasteiger partial charge in [0.2, 0.25) is 0 Å². The molecule has 0 atom stereocenters. The molecule has 2 nitrogen and oxygen atoms in total. The first kappa shape index (κ1) is 14.6. The van der Waals surface area contributed by atoms with Crippen LogP contribution in [0.5, 0.6) is 0 Å². The Labute approximate surface area is 104 Å². The van der Waals surface area contributed by atoms with Crippen LogP contribution >= 0.6 is 17.6 Å². The average Bonchev–Trinajstić information content (AvgIpc) is 2.17. The van der Waals surface area contributed by atoms with Crippen LogP contribution < -0.4 is 0 Å². The van der Waals surface area contributed by atoms with Crippen LogP contribution in [-0.2, 0) is 0 Å². The van der Waals surface area contributed by atoms with Crippen molar-refractivity contribution in [3.63, 3.8) is 0 Å². The molecule has 0 spiro atoms. The zero-order valence-corrected chi connectivity index (χ0v) is 13.4. The van der Waals surface area contributed by atoms with Crippen LogP contribution in [0.3, 0.4) is 0 Å². The Morgan fingerprint density at radius 2 is 1.38 bits per heavy atom. The van der Waals surface area contributed by atoms with Gasteiger partial charge in [-0.3, -0.25) is 0 Å². The van der Waals surface area contributed by atoms with Crippen LogP contribution in [0, 0.1) is 0 Å². The summed E-state index contributed by atoms with van der Waals surface area (Å²) in [6.45, 7) is 9.45. The van der Waals surface area contributed by atoms with Gasteiger partial charge in [0.15, 0.2) is 0 Å². The summed E-state index contributed by atoms with van der Waals surface area (Å²) in [6, 6.07) is 0.